The molecule has 6 nitrogen and oxygen atoms in total. The number of benzene rings is 1. The Bertz CT molecular complexity index is 686. The lowest BCUT2D eigenvalue weighted by Crippen LogP contribution is -2.43. The van der Waals surface area contributed by atoms with Crippen molar-refractivity contribution in [2.24, 2.45) is 4.99 Å². The molecule has 0 fully saturated rings. The first-order valence-corrected chi connectivity index (χ1v) is 7.54. The van der Waals surface area contributed by atoms with Gasteiger partial charge in [-0.15, -0.1) is 0 Å². The van der Waals surface area contributed by atoms with Crippen molar-refractivity contribution < 1.29 is 13.6 Å². The molecule has 0 aliphatic carbocycles. The van der Waals surface area contributed by atoms with Gasteiger partial charge in [0.2, 0.25) is 5.91 Å². The number of aliphatic imine (C=N–C) groups is 1. The molecule has 0 aliphatic rings. The average molecular weight is 332 g/mol. The highest BCUT2D eigenvalue weighted by molar-refractivity contribution is 5.86. The number of hydrogen-bond donors (Lipinski definition) is 2. The molecule has 0 saturated heterocycles. The van der Waals surface area contributed by atoms with E-state index in [1.165, 1.54) is 12.1 Å². The third-order valence-electron chi connectivity index (χ3n) is 3.33. The molecule has 0 aliphatic heterocycles. The summed E-state index contributed by atoms with van der Waals surface area (Å²) in [4.78, 5) is 17.8. The van der Waals surface area contributed by atoms with E-state index >= 15 is 0 Å². The minimum Gasteiger partial charge on any atom is -0.467 e. The van der Waals surface area contributed by atoms with Crippen LogP contribution in [-0.4, -0.2) is 37.4 Å². The fourth-order valence-electron chi connectivity index (χ4n) is 2.19. The van der Waals surface area contributed by atoms with Crippen LogP contribution in [0.3, 0.4) is 0 Å². The van der Waals surface area contributed by atoms with Crippen LogP contribution < -0.4 is 10.6 Å². The molecule has 24 heavy (non-hydrogen) atoms. The van der Waals surface area contributed by atoms with Crippen LogP contribution in [0, 0.1) is 5.82 Å². The zero-order valence-corrected chi connectivity index (χ0v) is 13.8. The molecule has 1 aromatic carbocycles. The maximum atomic E-state index is 13.2. The van der Waals surface area contributed by atoms with Gasteiger partial charge in [0.15, 0.2) is 5.96 Å². The number of furan rings is 1. The number of carbonyl (C=O) groups excluding carboxylic acids is 1. The van der Waals surface area contributed by atoms with Gasteiger partial charge in [-0.3, -0.25) is 9.79 Å². The van der Waals surface area contributed by atoms with E-state index < -0.39 is 0 Å². The molecule has 0 unspecified atom stereocenters. The standard InChI is InChI=1S/C17H21FN4O2/c1-19-17(22(2)12-13-5-3-6-14(18)9-13)21-11-16(23)20-10-15-7-4-8-24-15/h3-9H,10-12H2,1-2H3,(H,19,21)(H,20,23). The molecule has 1 amide bonds. The number of hydrogen-bond acceptors (Lipinski definition) is 3. The van der Waals surface area contributed by atoms with E-state index in [2.05, 4.69) is 15.6 Å². The highest BCUT2D eigenvalue weighted by Crippen LogP contribution is 2.06. The number of guanidine groups is 1. The largest absolute Gasteiger partial charge is 0.467 e. The molecule has 2 N–H and O–H groups in total. The molecule has 7 heteroatoms. The summed E-state index contributed by atoms with van der Waals surface area (Å²) in [6.07, 6.45) is 1.56. The summed E-state index contributed by atoms with van der Waals surface area (Å²) in [5.41, 5.74) is 0.822. The second-order valence-electron chi connectivity index (χ2n) is 5.24. The second kappa shape index (κ2) is 8.71. The molecule has 0 atom stereocenters. The summed E-state index contributed by atoms with van der Waals surface area (Å²) in [6, 6.07) is 9.93. The van der Waals surface area contributed by atoms with Crippen molar-refractivity contribution in [1.29, 1.82) is 0 Å². The van der Waals surface area contributed by atoms with Gasteiger partial charge in [-0.05, 0) is 29.8 Å². The molecule has 128 valence electrons. The van der Waals surface area contributed by atoms with Gasteiger partial charge in [0, 0.05) is 20.6 Å². The summed E-state index contributed by atoms with van der Waals surface area (Å²) in [5, 5.41) is 5.72. The van der Waals surface area contributed by atoms with Gasteiger partial charge in [0.25, 0.3) is 0 Å². The SMILES string of the molecule is CN=C(NCC(=O)NCc1ccco1)N(C)Cc1cccc(F)c1. The topological polar surface area (TPSA) is 69.9 Å². The third kappa shape index (κ3) is 5.42. The maximum absolute atomic E-state index is 13.2. The Morgan fingerprint density at radius 1 is 1.29 bits per heavy atom. The Balaban J connectivity index is 1.79. The van der Waals surface area contributed by atoms with Gasteiger partial charge in [0.05, 0.1) is 19.4 Å². The van der Waals surface area contributed by atoms with E-state index in [4.69, 9.17) is 4.42 Å². The monoisotopic (exact) mass is 332 g/mol. The minimum atomic E-state index is -0.277. The van der Waals surface area contributed by atoms with E-state index in [1.807, 2.05) is 18.0 Å². The molecule has 0 spiro atoms. The number of rotatable bonds is 6. The minimum absolute atomic E-state index is 0.0842. The quantitative estimate of drug-likeness (QED) is 0.624. The van der Waals surface area contributed by atoms with Crippen molar-refractivity contribution in [2.45, 2.75) is 13.1 Å². The highest BCUT2D eigenvalue weighted by Gasteiger charge is 2.09. The van der Waals surface area contributed by atoms with E-state index in [0.717, 1.165) is 5.56 Å². The lowest BCUT2D eigenvalue weighted by atomic mass is 10.2. The summed E-state index contributed by atoms with van der Waals surface area (Å²) < 4.78 is 18.4. The van der Waals surface area contributed by atoms with Gasteiger partial charge in [-0.2, -0.15) is 0 Å². The Hall–Kier alpha value is -2.83. The average Bonchev–Trinajstić information content (AvgIpc) is 3.07. The lowest BCUT2D eigenvalue weighted by molar-refractivity contribution is -0.120. The van der Waals surface area contributed by atoms with Gasteiger partial charge >= 0.3 is 0 Å². The van der Waals surface area contributed by atoms with Crippen molar-refractivity contribution in [3.8, 4) is 0 Å². The summed E-state index contributed by atoms with van der Waals surface area (Å²) in [6.45, 7) is 0.900. The normalized spacial score (nSPS) is 11.2. The Labute approximate surface area is 140 Å². The number of amides is 1. The number of nitrogens with zero attached hydrogens (tertiary/aromatic N) is 2. The van der Waals surface area contributed by atoms with E-state index in [9.17, 15) is 9.18 Å². The Morgan fingerprint density at radius 3 is 2.79 bits per heavy atom. The molecule has 2 rings (SSSR count). The van der Waals surface area contributed by atoms with Crippen LogP contribution in [0.25, 0.3) is 0 Å². The van der Waals surface area contributed by atoms with Gasteiger partial charge < -0.3 is 20.0 Å². The smallest absolute Gasteiger partial charge is 0.239 e. The summed E-state index contributed by atoms with van der Waals surface area (Å²) in [5.74, 6) is 0.788. The predicted octanol–water partition coefficient (Wildman–Crippen LogP) is 1.74. The van der Waals surface area contributed by atoms with Gasteiger partial charge in [-0.25, -0.2) is 4.39 Å². The molecule has 1 heterocycles. The van der Waals surface area contributed by atoms with Crippen molar-refractivity contribution in [3.63, 3.8) is 0 Å². The molecule has 1 aromatic heterocycles. The van der Waals surface area contributed by atoms with Crippen LogP contribution in [0.1, 0.15) is 11.3 Å². The zero-order valence-electron chi connectivity index (χ0n) is 13.8. The van der Waals surface area contributed by atoms with Gasteiger partial charge in [-0.1, -0.05) is 12.1 Å². The molecule has 0 saturated carbocycles. The van der Waals surface area contributed by atoms with Crippen LogP contribution in [0.15, 0.2) is 52.1 Å². The van der Waals surface area contributed by atoms with E-state index in [0.29, 0.717) is 24.8 Å². The van der Waals surface area contributed by atoms with Crippen LogP contribution in [0.5, 0.6) is 0 Å². The van der Waals surface area contributed by atoms with Crippen molar-refractivity contribution in [1.82, 2.24) is 15.5 Å². The summed E-state index contributed by atoms with van der Waals surface area (Å²) in [7, 11) is 3.45. The van der Waals surface area contributed by atoms with Crippen molar-refractivity contribution in [3.05, 3.63) is 59.8 Å². The van der Waals surface area contributed by atoms with Crippen LogP contribution in [-0.2, 0) is 17.9 Å². The molecule has 2 aromatic rings. The maximum Gasteiger partial charge on any atom is 0.239 e. The lowest BCUT2D eigenvalue weighted by Gasteiger charge is -2.22. The highest BCUT2D eigenvalue weighted by atomic mass is 19.1. The van der Waals surface area contributed by atoms with E-state index in [-0.39, 0.29) is 18.3 Å². The first-order valence-electron chi connectivity index (χ1n) is 7.54. The van der Waals surface area contributed by atoms with Crippen LogP contribution in [0.2, 0.25) is 0 Å². The first-order chi connectivity index (χ1) is 11.6. The van der Waals surface area contributed by atoms with Crippen molar-refractivity contribution in [2.75, 3.05) is 20.6 Å². The number of carbonyl (C=O) groups is 1. The van der Waals surface area contributed by atoms with Crippen LogP contribution >= 0.6 is 0 Å². The number of nitrogens with one attached hydrogen (secondary N) is 2. The summed E-state index contributed by atoms with van der Waals surface area (Å²) >= 11 is 0. The fourth-order valence-corrected chi connectivity index (χ4v) is 2.19. The van der Waals surface area contributed by atoms with Crippen LogP contribution in [0.4, 0.5) is 4.39 Å². The third-order valence-corrected chi connectivity index (χ3v) is 3.33. The predicted molar refractivity (Wildman–Crippen MR) is 89.8 cm³/mol. The molecule has 0 radical (unpaired) electrons. The zero-order chi connectivity index (χ0) is 17.4. The molecule has 0 bridgehead atoms. The Kier molecular flexibility index (Phi) is 6.36. The second-order valence-corrected chi connectivity index (χ2v) is 5.24. The van der Waals surface area contributed by atoms with Crippen molar-refractivity contribution >= 4 is 11.9 Å². The fraction of sp³-hybridized carbons (Fsp3) is 0.294. The molecular formula is C17H21FN4O2. The number of halogens is 1. The van der Waals surface area contributed by atoms with Gasteiger partial charge in [0.1, 0.15) is 11.6 Å². The first kappa shape index (κ1) is 17.5. The Morgan fingerprint density at radius 2 is 2.12 bits per heavy atom. The van der Waals surface area contributed by atoms with E-state index in [1.54, 1.807) is 31.5 Å². The molecular weight excluding hydrogens is 311 g/mol.